The number of likely N-dealkylation sites (tertiary alicyclic amines) is 3. The van der Waals surface area contributed by atoms with Gasteiger partial charge in [0.2, 0.25) is 17.7 Å². The first-order valence-corrected chi connectivity index (χ1v) is 39.3. The lowest BCUT2D eigenvalue weighted by atomic mass is 9.95. The van der Waals surface area contributed by atoms with Crippen molar-refractivity contribution in [1.82, 2.24) is 69.0 Å². The number of halogens is 7. The van der Waals surface area contributed by atoms with E-state index in [0.29, 0.717) is 115 Å². The number of piperidine rings is 3. The number of anilines is 3. The molecule has 3 fully saturated rings. The van der Waals surface area contributed by atoms with Gasteiger partial charge in [0.1, 0.15) is 47.2 Å². The van der Waals surface area contributed by atoms with Gasteiger partial charge in [-0.2, -0.15) is 41.6 Å². The number of rotatable bonds is 21. The minimum absolute atomic E-state index is 0.00776. The lowest BCUT2D eigenvalue weighted by Crippen LogP contribution is -2.40. The summed E-state index contributed by atoms with van der Waals surface area (Å²) in [6, 6.07) is 35.9. The highest BCUT2D eigenvalue weighted by atomic mass is 19.4. The molecule has 6 N–H and O–H groups in total. The van der Waals surface area contributed by atoms with Crippen molar-refractivity contribution in [2.75, 3.05) is 56.5 Å². The molecule has 0 saturated carbocycles. The number of fused-ring (bicyclic) bond motifs is 3. The van der Waals surface area contributed by atoms with Gasteiger partial charge in [-0.1, -0.05) is 123 Å². The molecule has 0 spiro atoms. The predicted molar refractivity (Wildman–Crippen MR) is 444 cm³/mol. The Kier molecular flexibility index (Phi) is 25.5. The Morgan fingerprint density at radius 2 is 0.867 bits per heavy atom. The summed E-state index contributed by atoms with van der Waals surface area (Å²) >= 11 is 0. The van der Waals surface area contributed by atoms with Crippen LogP contribution < -0.4 is 17.2 Å². The van der Waals surface area contributed by atoms with Gasteiger partial charge >= 0.3 is 12.4 Å². The first-order chi connectivity index (χ1) is 57.5. The number of pyridine rings is 1. The zero-order valence-electron chi connectivity index (χ0n) is 66.3. The number of aryl methyl sites for hydroxylation is 6. The molecule has 120 heavy (non-hydrogen) atoms. The van der Waals surface area contributed by atoms with Gasteiger partial charge < -0.3 is 31.9 Å². The van der Waals surface area contributed by atoms with Crippen LogP contribution in [0.15, 0.2) is 190 Å². The number of alkyl halides is 6. The van der Waals surface area contributed by atoms with E-state index < -0.39 is 35.1 Å². The average Bonchev–Trinajstić information content (AvgIpc) is 1.62. The SMILES string of the molecule is C=CC(=O)N1CCCC(n2nc(-c3ccc(CCC(=O)c4c(C)cccc4C)cc3)c3c(N)ccnc32)C1.C=CC(=O)N1CCCC(n2nc(-c3ccc(CCC(=O)c4cc(C(F)(F)F)ccc4C)cc3)c3c(N)ncnc32)C1.C=CC(=O)N1CCCC(n2nc(-c3ccc(CCC(=O)c4ccc(C(F)(F)F)c(F)c4)cc3)c3c(N)ncnc32)C1. The smallest absolute Gasteiger partial charge is 0.398 e. The van der Waals surface area contributed by atoms with Crippen LogP contribution in [0.4, 0.5) is 48.1 Å². The number of amides is 3. The molecule has 12 aromatic rings. The van der Waals surface area contributed by atoms with Crippen molar-refractivity contribution < 1.29 is 59.5 Å². The van der Waals surface area contributed by atoms with Crippen LogP contribution in [-0.4, -0.2) is 143 Å². The molecule has 15 rings (SSSR count). The number of benzene rings is 6. The zero-order valence-corrected chi connectivity index (χ0v) is 66.3. The Bertz CT molecular complexity index is 5900. The lowest BCUT2D eigenvalue weighted by Gasteiger charge is -2.32. The maximum atomic E-state index is 13.9. The summed E-state index contributed by atoms with van der Waals surface area (Å²) < 4.78 is 97.2. The van der Waals surface area contributed by atoms with Gasteiger partial charge in [0.15, 0.2) is 34.3 Å². The van der Waals surface area contributed by atoms with Gasteiger partial charge in [-0.3, -0.25) is 28.8 Å². The highest BCUT2D eigenvalue weighted by Gasteiger charge is 2.36. The Balaban J connectivity index is 0.000000156. The van der Waals surface area contributed by atoms with Crippen LogP contribution in [0.1, 0.15) is 151 Å². The van der Waals surface area contributed by atoms with Crippen LogP contribution in [0.3, 0.4) is 0 Å². The third-order valence-electron chi connectivity index (χ3n) is 22.2. The molecule has 3 amide bonds. The molecule has 3 saturated heterocycles. The number of ketones is 3. The summed E-state index contributed by atoms with van der Waals surface area (Å²) in [5, 5.41) is 16.7. The second-order valence-corrected chi connectivity index (χ2v) is 30.1. The largest absolute Gasteiger partial charge is 0.419 e. The van der Waals surface area contributed by atoms with Gasteiger partial charge in [-0.25, -0.2) is 43.4 Å². The van der Waals surface area contributed by atoms with Crippen molar-refractivity contribution in [2.24, 2.45) is 0 Å². The summed E-state index contributed by atoms with van der Waals surface area (Å²) in [5.41, 5.74) is 29.7. The van der Waals surface area contributed by atoms with E-state index in [4.69, 9.17) is 32.5 Å². The van der Waals surface area contributed by atoms with Crippen molar-refractivity contribution in [3.05, 3.63) is 257 Å². The summed E-state index contributed by atoms with van der Waals surface area (Å²) in [5.74, 6) is -1.89. The van der Waals surface area contributed by atoms with Crippen LogP contribution in [0, 0.1) is 26.6 Å². The van der Waals surface area contributed by atoms with E-state index in [0.717, 1.165) is 130 Å². The molecule has 618 valence electrons. The van der Waals surface area contributed by atoms with E-state index in [-0.39, 0.29) is 83.0 Å². The molecule has 3 aliphatic heterocycles. The fourth-order valence-corrected chi connectivity index (χ4v) is 15.8. The van der Waals surface area contributed by atoms with E-state index in [2.05, 4.69) is 56.8 Å². The van der Waals surface area contributed by atoms with Crippen molar-refractivity contribution in [3.8, 4) is 33.8 Å². The van der Waals surface area contributed by atoms with Crippen molar-refractivity contribution >= 4 is 85.5 Å². The number of hydrogen-bond donors (Lipinski definition) is 3. The number of Topliss-reactive ketones (excluding diaryl/α,β-unsaturated/α-hetero) is 3. The molecular formula is C90H88F7N17O6. The van der Waals surface area contributed by atoms with E-state index in [1.54, 1.807) is 33.7 Å². The molecule has 0 aliphatic carbocycles. The number of nitrogen functional groups attached to an aromatic ring is 3. The first kappa shape index (κ1) is 84.5. The minimum Gasteiger partial charge on any atom is -0.398 e. The number of carbonyl (C=O) groups excluding carboxylic acids is 6. The molecule has 9 heterocycles. The van der Waals surface area contributed by atoms with Crippen LogP contribution in [-0.2, 0) is 46.0 Å². The van der Waals surface area contributed by atoms with E-state index in [9.17, 15) is 59.5 Å². The molecule has 0 radical (unpaired) electrons. The summed E-state index contributed by atoms with van der Waals surface area (Å²) in [6.07, 6.45) is 5.98. The molecule has 3 aliphatic rings. The quantitative estimate of drug-likeness (QED) is 0.0342. The molecule has 30 heteroatoms. The molecular weight excluding hydrogens is 1550 g/mol. The number of carbonyl (C=O) groups is 6. The molecule has 6 aromatic carbocycles. The van der Waals surface area contributed by atoms with Gasteiger partial charge in [0.25, 0.3) is 0 Å². The van der Waals surface area contributed by atoms with Crippen LogP contribution in [0.25, 0.3) is 66.9 Å². The Morgan fingerprint density at radius 1 is 0.458 bits per heavy atom. The van der Waals surface area contributed by atoms with E-state index in [1.165, 1.54) is 36.9 Å². The molecule has 0 bridgehead atoms. The van der Waals surface area contributed by atoms with Crippen LogP contribution in [0.5, 0.6) is 0 Å². The summed E-state index contributed by atoms with van der Waals surface area (Å²) in [7, 11) is 0. The Labute approximate surface area is 686 Å². The maximum Gasteiger partial charge on any atom is 0.419 e. The standard InChI is InChI=1S/C31H33N5O2.C30H29F3N6O2.C29H26F4N6O2/c1-4-27(38)35-18-6-9-24(19-35)36-31-29(25(32)16-17-33-31)30(34-36)23-13-10-22(11-14-23)12-15-26(37)28-20(2)7-5-8-21(28)3;1-3-25(41)38-14-4-5-22(16-38)39-29-26(28(34)35-17-36-29)27(37-39)20-10-7-19(8-11-20)9-13-24(40)23-15-21(30(31,32)33)12-6-18(23)2;1-2-24(41)38-13-3-4-20(15-38)39-28-25(27(34)35-16-36-28)26(37-39)18-8-5-17(6-9-18)7-12-23(40)19-10-11-21(22(30)14-19)29(31,32)33/h4-5,7-8,10-11,13-14,16-17,24H,1,6,9,12,15,18-19H2,2-3H3,(H2,32,33);3,6-8,10-12,15,17,22H,1,4-5,9,13-14,16H2,2H3,(H2,34,35,36);2,5-6,8-11,14,16,20H,1,3-4,7,12-13,15H2,(H2,34,35,36). The van der Waals surface area contributed by atoms with E-state index >= 15 is 0 Å². The molecule has 3 unspecified atom stereocenters. The second kappa shape index (κ2) is 36.2. The highest BCUT2D eigenvalue weighted by Crippen LogP contribution is 2.40. The van der Waals surface area contributed by atoms with Crippen molar-refractivity contribution in [1.29, 1.82) is 0 Å². The average molecular weight is 1640 g/mol. The number of hydrogen-bond acceptors (Lipinski definition) is 17. The maximum absolute atomic E-state index is 13.9. The van der Waals surface area contributed by atoms with E-state index in [1.807, 2.05) is 107 Å². The molecule has 3 atom stereocenters. The topological polar surface area (TPSA) is 308 Å². The molecule has 23 nitrogen and oxygen atoms in total. The van der Waals surface area contributed by atoms with Gasteiger partial charge in [-0.15, -0.1) is 0 Å². The monoisotopic (exact) mass is 1640 g/mol. The van der Waals surface area contributed by atoms with Gasteiger partial charge in [-0.05, 0) is 160 Å². The normalized spacial score (nSPS) is 15.7. The van der Waals surface area contributed by atoms with Crippen LogP contribution in [0.2, 0.25) is 0 Å². The third kappa shape index (κ3) is 18.6. The zero-order chi connectivity index (χ0) is 85.4. The van der Waals surface area contributed by atoms with Gasteiger partial charge in [0, 0.05) is 104 Å². The number of aromatic nitrogens is 11. The second-order valence-electron chi connectivity index (χ2n) is 30.1. The van der Waals surface area contributed by atoms with Crippen LogP contribution >= 0.6 is 0 Å². The third-order valence-corrected chi connectivity index (χ3v) is 22.2. The van der Waals surface area contributed by atoms with Crippen molar-refractivity contribution in [2.45, 2.75) is 128 Å². The lowest BCUT2D eigenvalue weighted by molar-refractivity contribution is -0.140. The number of nitrogens with zero attached hydrogens (tertiary/aromatic N) is 14. The fraction of sp³-hybridized carbons (Fsp3) is 0.289. The first-order valence-electron chi connectivity index (χ1n) is 39.3. The summed E-state index contributed by atoms with van der Waals surface area (Å²) in [6.45, 7) is 19.9. The fourth-order valence-electron chi connectivity index (χ4n) is 15.8. The summed E-state index contributed by atoms with van der Waals surface area (Å²) in [4.78, 5) is 102. The highest BCUT2D eigenvalue weighted by molar-refractivity contribution is 6.03. The van der Waals surface area contributed by atoms with Crippen molar-refractivity contribution in [3.63, 3.8) is 0 Å². The Hall–Kier alpha value is -13.4. The minimum atomic E-state index is -4.83. The Morgan fingerprint density at radius 3 is 1.27 bits per heavy atom. The molecule has 6 aromatic heterocycles. The number of nitrogens with two attached hydrogens (primary N) is 3. The predicted octanol–water partition coefficient (Wildman–Crippen LogP) is 16.4. The van der Waals surface area contributed by atoms with Gasteiger partial charge in [0.05, 0.1) is 45.4 Å².